The Morgan fingerprint density at radius 3 is 2.65 bits per heavy atom. The van der Waals surface area contributed by atoms with Gasteiger partial charge < -0.3 is 5.41 Å². The van der Waals surface area contributed by atoms with E-state index in [9.17, 15) is 0 Å². The highest BCUT2D eigenvalue weighted by Gasteiger charge is 2.42. The average Bonchev–Trinajstić information content (AvgIpc) is 2.46. The maximum Gasteiger partial charge on any atom is 0.0237 e. The second kappa shape index (κ2) is 5.69. The zero-order valence-electron chi connectivity index (χ0n) is 12.7. The third-order valence-corrected chi connectivity index (χ3v) is 5.28. The first-order valence-corrected chi connectivity index (χ1v) is 8.05. The highest BCUT2D eigenvalue weighted by Crippen LogP contribution is 2.40. The highest BCUT2D eigenvalue weighted by atomic mass is 15.2. The molecule has 4 atom stereocenters. The fraction of sp³-hybridized carbons (Fsp3) is 0.611. The Balaban J connectivity index is 1.79. The summed E-state index contributed by atoms with van der Waals surface area (Å²) >= 11 is 0. The number of piperidine rings is 1. The maximum atomic E-state index is 8.45. The van der Waals surface area contributed by atoms with Crippen molar-refractivity contribution in [2.45, 2.75) is 45.7 Å². The summed E-state index contributed by atoms with van der Waals surface area (Å²) in [4.78, 5) is 2.65. The van der Waals surface area contributed by atoms with Crippen molar-refractivity contribution in [2.24, 2.45) is 17.8 Å². The first-order valence-electron chi connectivity index (χ1n) is 8.05. The van der Waals surface area contributed by atoms with E-state index in [-0.39, 0.29) is 0 Å². The predicted molar refractivity (Wildman–Crippen MR) is 84.0 cm³/mol. The van der Waals surface area contributed by atoms with E-state index in [1.807, 2.05) is 0 Å². The van der Waals surface area contributed by atoms with Crippen molar-refractivity contribution in [3.63, 3.8) is 0 Å². The standard InChI is InChI=1S/C18H26N2/c1-3-17-16-10-15(9-13(2)18(16)19)12-20(17)11-14-7-5-4-6-8-14/h4-8,13,15-17,19H,3,9-12H2,1-2H3. The van der Waals surface area contributed by atoms with Gasteiger partial charge in [-0.2, -0.15) is 0 Å². The molecule has 2 bridgehead atoms. The van der Waals surface area contributed by atoms with Crippen molar-refractivity contribution in [3.8, 4) is 0 Å². The Morgan fingerprint density at radius 1 is 1.20 bits per heavy atom. The number of fused-ring (bicyclic) bond motifs is 2. The summed E-state index contributed by atoms with van der Waals surface area (Å²) in [6.07, 6.45) is 3.64. The molecule has 108 valence electrons. The molecule has 3 rings (SSSR count). The summed E-state index contributed by atoms with van der Waals surface area (Å²) in [6.45, 7) is 6.81. The smallest absolute Gasteiger partial charge is 0.0237 e. The predicted octanol–water partition coefficient (Wildman–Crippen LogP) is 3.96. The minimum atomic E-state index is 0.506. The fourth-order valence-corrected chi connectivity index (χ4v) is 4.35. The Kier molecular flexibility index (Phi) is 3.93. The minimum absolute atomic E-state index is 0.506. The molecule has 20 heavy (non-hydrogen) atoms. The van der Waals surface area contributed by atoms with E-state index < -0.39 is 0 Å². The number of rotatable bonds is 3. The van der Waals surface area contributed by atoms with E-state index in [0.717, 1.165) is 18.2 Å². The Morgan fingerprint density at radius 2 is 1.95 bits per heavy atom. The molecule has 2 heteroatoms. The minimum Gasteiger partial charge on any atom is -0.309 e. The van der Waals surface area contributed by atoms with Crippen LogP contribution in [0.15, 0.2) is 30.3 Å². The summed E-state index contributed by atoms with van der Waals surface area (Å²) in [5.74, 6) is 1.81. The number of hydrogen-bond acceptors (Lipinski definition) is 2. The van der Waals surface area contributed by atoms with Gasteiger partial charge in [-0.25, -0.2) is 0 Å². The highest BCUT2D eigenvalue weighted by molar-refractivity contribution is 5.87. The molecule has 0 aromatic heterocycles. The molecule has 2 nitrogen and oxygen atoms in total. The molecule has 4 unspecified atom stereocenters. The van der Waals surface area contributed by atoms with Crippen LogP contribution in [0, 0.1) is 23.2 Å². The third kappa shape index (κ3) is 2.54. The van der Waals surface area contributed by atoms with Crippen LogP contribution in [0.5, 0.6) is 0 Å². The SMILES string of the molecule is CCC1C2CC(CC(C)C2=N)CN1Cc1ccccc1. The van der Waals surface area contributed by atoms with Crippen LogP contribution in [-0.4, -0.2) is 23.2 Å². The lowest BCUT2D eigenvalue weighted by Gasteiger charge is -2.49. The van der Waals surface area contributed by atoms with Crippen LogP contribution in [0.2, 0.25) is 0 Å². The van der Waals surface area contributed by atoms with Crippen LogP contribution in [0.3, 0.4) is 0 Å². The fourth-order valence-electron chi connectivity index (χ4n) is 4.35. The largest absolute Gasteiger partial charge is 0.309 e. The van der Waals surface area contributed by atoms with Crippen molar-refractivity contribution >= 4 is 5.71 Å². The van der Waals surface area contributed by atoms with Crippen molar-refractivity contribution < 1.29 is 0 Å². The molecule has 1 aromatic carbocycles. The van der Waals surface area contributed by atoms with E-state index in [1.54, 1.807) is 0 Å². The molecule has 1 aliphatic heterocycles. The van der Waals surface area contributed by atoms with Gasteiger partial charge in [0, 0.05) is 30.8 Å². The molecule has 0 amide bonds. The quantitative estimate of drug-likeness (QED) is 0.884. The second-order valence-electron chi connectivity index (χ2n) is 6.69. The molecule has 2 aliphatic rings. The first kappa shape index (κ1) is 13.8. The van der Waals surface area contributed by atoms with E-state index in [2.05, 4.69) is 49.1 Å². The number of nitrogens with one attached hydrogen (secondary N) is 1. The van der Waals surface area contributed by atoms with E-state index >= 15 is 0 Å². The van der Waals surface area contributed by atoms with Gasteiger partial charge in [-0.1, -0.05) is 44.2 Å². The molecular weight excluding hydrogens is 244 g/mol. The van der Waals surface area contributed by atoms with E-state index in [0.29, 0.717) is 17.9 Å². The van der Waals surface area contributed by atoms with Gasteiger partial charge in [0.1, 0.15) is 0 Å². The molecule has 1 saturated carbocycles. The number of hydrogen-bond donors (Lipinski definition) is 1. The lowest BCUT2D eigenvalue weighted by atomic mass is 9.67. The molecule has 1 aromatic rings. The molecule has 2 fully saturated rings. The summed E-state index contributed by atoms with van der Waals surface area (Å²) in [7, 11) is 0. The number of likely N-dealkylation sites (tertiary alicyclic amines) is 1. The lowest BCUT2D eigenvalue weighted by molar-refractivity contribution is 0.0516. The van der Waals surface area contributed by atoms with E-state index in [1.165, 1.54) is 31.4 Å². The van der Waals surface area contributed by atoms with Crippen molar-refractivity contribution in [1.82, 2.24) is 4.90 Å². The number of benzene rings is 1. The molecule has 1 aliphatic carbocycles. The zero-order chi connectivity index (χ0) is 14.1. The van der Waals surface area contributed by atoms with E-state index in [4.69, 9.17) is 5.41 Å². The average molecular weight is 270 g/mol. The maximum absolute atomic E-state index is 8.45. The van der Waals surface area contributed by atoms with Gasteiger partial charge in [0.15, 0.2) is 0 Å². The van der Waals surface area contributed by atoms with Crippen LogP contribution in [0.1, 0.15) is 38.7 Å². The Hall–Kier alpha value is -1.15. The molecule has 0 spiro atoms. The van der Waals surface area contributed by atoms with Crippen LogP contribution < -0.4 is 0 Å². The van der Waals surface area contributed by atoms with Crippen LogP contribution in [0.4, 0.5) is 0 Å². The normalized spacial score (nSPS) is 34.2. The first-order chi connectivity index (χ1) is 9.69. The van der Waals surface area contributed by atoms with Gasteiger partial charge >= 0.3 is 0 Å². The molecule has 1 heterocycles. The van der Waals surface area contributed by atoms with Gasteiger partial charge in [-0.05, 0) is 36.7 Å². The van der Waals surface area contributed by atoms with Gasteiger partial charge in [-0.3, -0.25) is 4.90 Å². The zero-order valence-corrected chi connectivity index (χ0v) is 12.7. The van der Waals surface area contributed by atoms with Gasteiger partial charge in [-0.15, -0.1) is 0 Å². The van der Waals surface area contributed by atoms with Gasteiger partial charge in [0.05, 0.1) is 0 Å². The lowest BCUT2D eigenvalue weighted by Crippen LogP contribution is -2.54. The summed E-state index contributed by atoms with van der Waals surface area (Å²) < 4.78 is 0. The van der Waals surface area contributed by atoms with Crippen molar-refractivity contribution in [1.29, 1.82) is 5.41 Å². The molecular formula is C18H26N2. The molecule has 1 saturated heterocycles. The Labute approximate surface area is 122 Å². The van der Waals surface area contributed by atoms with Crippen LogP contribution in [0.25, 0.3) is 0 Å². The summed E-state index contributed by atoms with van der Waals surface area (Å²) in [6, 6.07) is 11.4. The Bertz CT molecular complexity index is 468. The molecule has 1 N–H and O–H groups in total. The molecule has 0 radical (unpaired) electrons. The van der Waals surface area contributed by atoms with Crippen molar-refractivity contribution in [2.75, 3.05) is 6.54 Å². The van der Waals surface area contributed by atoms with Crippen LogP contribution >= 0.6 is 0 Å². The summed E-state index contributed by atoms with van der Waals surface area (Å²) in [5, 5.41) is 8.45. The van der Waals surface area contributed by atoms with Gasteiger partial charge in [0.25, 0.3) is 0 Å². The summed E-state index contributed by atoms with van der Waals surface area (Å²) in [5.41, 5.74) is 2.43. The topological polar surface area (TPSA) is 27.1 Å². The monoisotopic (exact) mass is 270 g/mol. The van der Waals surface area contributed by atoms with Crippen molar-refractivity contribution in [3.05, 3.63) is 35.9 Å². The second-order valence-corrected chi connectivity index (χ2v) is 6.69. The van der Waals surface area contributed by atoms with Gasteiger partial charge in [0.2, 0.25) is 0 Å². The van der Waals surface area contributed by atoms with Crippen LogP contribution in [-0.2, 0) is 6.54 Å². The third-order valence-electron chi connectivity index (χ3n) is 5.28. The number of nitrogens with zero attached hydrogens (tertiary/aromatic N) is 1.